The number of nitro benzene ring substituents is 1. The summed E-state index contributed by atoms with van der Waals surface area (Å²) in [6.45, 7) is 3.79. The fourth-order valence-electron chi connectivity index (χ4n) is 2.06. The lowest BCUT2D eigenvalue weighted by Gasteiger charge is -2.11. The molecule has 2 aromatic carbocycles. The van der Waals surface area contributed by atoms with Crippen molar-refractivity contribution in [1.29, 1.82) is 0 Å². The number of amides is 1. The molecule has 0 aliphatic carbocycles. The zero-order valence-corrected chi connectivity index (χ0v) is 11.7. The number of benzene rings is 2. The number of nitrogen functional groups attached to an aromatic ring is 1. The van der Waals surface area contributed by atoms with Crippen LogP contribution in [0.3, 0.4) is 0 Å². The molecule has 6 nitrogen and oxygen atoms in total. The molecule has 0 aliphatic rings. The minimum Gasteiger partial charge on any atom is -0.393 e. The highest BCUT2D eigenvalue weighted by Gasteiger charge is 2.15. The maximum absolute atomic E-state index is 12.2. The van der Waals surface area contributed by atoms with Crippen LogP contribution in [0.4, 0.5) is 17.1 Å². The first kappa shape index (κ1) is 14.5. The number of nitrogens with one attached hydrogen (secondary N) is 1. The Balaban J connectivity index is 2.29. The third kappa shape index (κ3) is 3.00. The van der Waals surface area contributed by atoms with Crippen LogP contribution in [0, 0.1) is 24.0 Å². The Bertz CT molecular complexity index is 706. The van der Waals surface area contributed by atoms with Crippen molar-refractivity contribution in [2.75, 3.05) is 11.1 Å². The molecule has 6 heteroatoms. The van der Waals surface area contributed by atoms with Gasteiger partial charge in [0.25, 0.3) is 11.6 Å². The Morgan fingerprint density at radius 2 is 1.81 bits per heavy atom. The van der Waals surface area contributed by atoms with Crippen LogP contribution >= 0.6 is 0 Å². The number of hydrogen-bond acceptors (Lipinski definition) is 4. The van der Waals surface area contributed by atoms with E-state index in [1.54, 1.807) is 0 Å². The molecule has 0 aliphatic heterocycles. The quantitative estimate of drug-likeness (QED) is 0.514. The summed E-state index contributed by atoms with van der Waals surface area (Å²) in [5.74, 6) is -0.353. The summed E-state index contributed by atoms with van der Waals surface area (Å²) in [4.78, 5) is 22.3. The maximum Gasteiger partial charge on any atom is 0.292 e. The Labute approximate surface area is 121 Å². The summed E-state index contributed by atoms with van der Waals surface area (Å²) >= 11 is 0. The molecule has 3 N–H and O–H groups in total. The molecule has 0 saturated heterocycles. The van der Waals surface area contributed by atoms with Gasteiger partial charge in [-0.25, -0.2) is 0 Å². The van der Waals surface area contributed by atoms with Gasteiger partial charge in [0.05, 0.1) is 4.92 Å². The molecule has 0 bridgehead atoms. The van der Waals surface area contributed by atoms with Crippen LogP contribution in [0.2, 0.25) is 0 Å². The number of aryl methyl sites for hydroxylation is 2. The zero-order chi connectivity index (χ0) is 15.6. The number of nitro groups is 1. The summed E-state index contributed by atoms with van der Waals surface area (Å²) in [5, 5.41) is 13.5. The van der Waals surface area contributed by atoms with Gasteiger partial charge in [0.1, 0.15) is 5.69 Å². The van der Waals surface area contributed by atoms with Crippen molar-refractivity contribution < 1.29 is 9.72 Å². The number of nitrogens with two attached hydrogens (primary N) is 1. The van der Waals surface area contributed by atoms with Crippen LogP contribution in [-0.4, -0.2) is 10.8 Å². The number of carbonyl (C=O) groups is 1. The van der Waals surface area contributed by atoms with Gasteiger partial charge in [-0.3, -0.25) is 14.9 Å². The number of anilines is 2. The van der Waals surface area contributed by atoms with Crippen LogP contribution < -0.4 is 11.1 Å². The lowest BCUT2D eigenvalue weighted by Crippen LogP contribution is -2.14. The molecule has 2 aromatic rings. The molecule has 0 atom stereocenters. The van der Waals surface area contributed by atoms with E-state index in [2.05, 4.69) is 5.32 Å². The van der Waals surface area contributed by atoms with E-state index in [1.165, 1.54) is 18.2 Å². The van der Waals surface area contributed by atoms with Crippen LogP contribution in [0.5, 0.6) is 0 Å². The minimum absolute atomic E-state index is 0.0332. The predicted molar refractivity (Wildman–Crippen MR) is 81.4 cm³/mol. The number of rotatable bonds is 3. The third-order valence-electron chi connectivity index (χ3n) is 3.21. The Kier molecular flexibility index (Phi) is 3.89. The highest BCUT2D eigenvalue weighted by Crippen LogP contribution is 2.24. The summed E-state index contributed by atoms with van der Waals surface area (Å²) in [7, 11) is 0. The number of hydrogen-bond donors (Lipinski definition) is 2. The Hall–Kier alpha value is -2.89. The normalized spacial score (nSPS) is 10.2. The monoisotopic (exact) mass is 285 g/mol. The summed E-state index contributed by atoms with van der Waals surface area (Å²) in [6, 6.07) is 9.62. The number of para-hydroxylation sites is 1. The van der Waals surface area contributed by atoms with E-state index in [0.717, 1.165) is 16.8 Å². The fraction of sp³-hybridized carbons (Fsp3) is 0.133. The largest absolute Gasteiger partial charge is 0.393 e. The van der Waals surface area contributed by atoms with Gasteiger partial charge in [0.15, 0.2) is 0 Å². The van der Waals surface area contributed by atoms with Crippen LogP contribution in [0.15, 0.2) is 36.4 Å². The molecule has 0 aromatic heterocycles. The van der Waals surface area contributed by atoms with E-state index in [1.807, 2.05) is 32.0 Å². The molecule has 0 radical (unpaired) electrons. The molecule has 108 valence electrons. The summed E-state index contributed by atoms with van der Waals surface area (Å²) < 4.78 is 0. The molecule has 21 heavy (non-hydrogen) atoms. The summed E-state index contributed by atoms with van der Waals surface area (Å²) in [5.41, 5.74) is 8.25. The Morgan fingerprint density at radius 3 is 2.33 bits per heavy atom. The van der Waals surface area contributed by atoms with Crippen molar-refractivity contribution in [2.24, 2.45) is 0 Å². The molecule has 0 saturated carbocycles. The second-order valence-corrected chi connectivity index (χ2v) is 4.75. The van der Waals surface area contributed by atoms with Gasteiger partial charge in [0.2, 0.25) is 0 Å². The van der Waals surface area contributed by atoms with Crippen molar-refractivity contribution in [3.05, 3.63) is 63.2 Å². The second kappa shape index (κ2) is 5.62. The zero-order valence-electron chi connectivity index (χ0n) is 11.7. The molecule has 0 spiro atoms. The lowest BCUT2D eigenvalue weighted by atomic mass is 10.1. The van der Waals surface area contributed by atoms with Crippen molar-refractivity contribution in [3.63, 3.8) is 0 Å². The van der Waals surface area contributed by atoms with Crippen molar-refractivity contribution in [1.82, 2.24) is 0 Å². The van der Waals surface area contributed by atoms with Gasteiger partial charge in [-0.1, -0.05) is 18.2 Å². The molecule has 0 heterocycles. The van der Waals surface area contributed by atoms with Gasteiger partial charge < -0.3 is 11.1 Å². The van der Waals surface area contributed by atoms with Gasteiger partial charge in [-0.15, -0.1) is 0 Å². The first-order valence-electron chi connectivity index (χ1n) is 6.31. The van der Waals surface area contributed by atoms with Crippen molar-refractivity contribution in [3.8, 4) is 0 Å². The van der Waals surface area contributed by atoms with Crippen LogP contribution in [0.1, 0.15) is 21.5 Å². The maximum atomic E-state index is 12.2. The number of nitrogens with zero attached hydrogens (tertiary/aromatic N) is 1. The topological polar surface area (TPSA) is 98.3 Å². The smallest absolute Gasteiger partial charge is 0.292 e. The first-order valence-corrected chi connectivity index (χ1v) is 6.31. The SMILES string of the molecule is Cc1cccc(C)c1NC(=O)c1ccc([N+](=O)[O-])c(N)c1. The van der Waals surface area contributed by atoms with Crippen molar-refractivity contribution in [2.45, 2.75) is 13.8 Å². The van der Waals surface area contributed by atoms with Gasteiger partial charge >= 0.3 is 0 Å². The van der Waals surface area contributed by atoms with E-state index in [0.29, 0.717) is 0 Å². The standard InChI is InChI=1S/C15H15N3O3/c1-9-4-3-5-10(2)14(9)17-15(19)11-6-7-13(18(20)21)12(16)8-11/h3-8H,16H2,1-2H3,(H,17,19). The van der Waals surface area contributed by atoms with Crippen LogP contribution in [0.25, 0.3) is 0 Å². The molecule has 0 unspecified atom stereocenters. The lowest BCUT2D eigenvalue weighted by molar-refractivity contribution is -0.383. The fourth-order valence-corrected chi connectivity index (χ4v) is 2.06. The summed E-state index contributed by atoms with van der Waals surface area (Å²) in [6.07, 6.45) is 0. The first-order chi connectivity index (χ1) is 9.90. The molecular formula is C15H15N3O3. The predicted octanol–water partition coefficient (Wildman–Crippen LogP) is 3.05. The second-order valence-electron chi connectivity index (χ2n) is 4.75. The van der Waals surface area contributed by atoms with Gasteiger partial charge in [0, 0.05) is 17.3 Å². The van der Waals surface area contributed by atoms with Gasteiger partial charge in [-0.2, -0.15) is 0 Å². The molecule has 0 fully saturated rings. The Morgan fingerprint density at radius 1 is 1.19 bits per heavy atom. The third-order valence-corrected chi connectivity index (χ3v) is 3.21. The molecule has 1 amide bonds. The van der Waals surface area contributed by atoms with E-state index in [-0.39, 0.29) is 22.8 Å². The molecule has 2 rings (SSSR count). The number of carbonyl (C=O) groups excluding carboxylic acids is 1. The van der Waals surface area contributed by atoms with E-state index in [9.17, 15) is 14.9 Å². The van der Waals surface area contributed by atoms with E-state index in [4.69, 9.17) is 5.73 Å². The minimum atomic E-state index is -0.581. The van der Waals surface area contributed by atoms with Crippen molar-refractivity contribution >= 4 is 23.0 Å². The van der Waals surface area contributed by atoms with E-state index < -0.39 is 4.92 Å². The van der Waals surface area contributed by atoms with E-state index >= 15 is 0 Å². The average Bonchev–Trinajstić information content (AvgIpc) is 2.42. The van der Waals surface area contributed by atoms with Gasteiger partial charge in [-0.05, 0) is 37.1 Å². The van der Waals surface area contributed by atoms with Crippen LogP contribution in [-0.2, 0) is 0 Å². The average molecular weight is 285 g/mol. The highest BCUT2D eigenvalue weighted by molar-refractivity contribution is 6.05. The molecular weight excluding hydrogens is 270 g/mol. The highest BCUT2D eigenvalue weighted by atomic mass is 16.6.